The number of aromatic amines is 1. The zero-order valence-corrected chi connectivity index (χ0v) is 18.3. The van der Waals surface area contributed by atoms with E-state index in [-0.39, 0.29) is 6.04 Å². The molecule has 3 aromatic carbocycles. The van der Waals surface area contributed by atoms with Crippen LogP contribution in [0.1, 0.15) is 18.5 Å². The van der Waals surface area contributed by atoms with Crippen LogP contribution < -0.4 is 14.4 Å². The lowest BCUT2D eigenvalue weighted by Gasteiger charge is -2.22. The highest BCUT2D eigenvalue weighted by molar-refractivity contribution is 7.82. The van der Waals surface area contributed by atoms with Crippen molar-refractivity contribution in [2.75, 3.05) is 11.4 Å². The zero-order chi connectivity index (χ0) is 22.8. The van der Waals surface area contributed by atoms with E-state index in [2.05, 4.69) is 23.1 Å². The van der Waals surface area contributed by atoms with Gasteiger partial charge >= 0.3 is 6.03 Å². The van der Waals surface area contributed by atoms with Gasteiger partial charge in [-0.2, -0.15) is 0 Å². The molecule has 1 aromatic heterocycles. The Morgan fingerprint density at radius 1 is 1.06 bits per heavy atom. The maximum Gasteiger partial charge on any atom is 0.332 e. The number of halogens is 2. The van der Waals surface area contributed by atoms with E-state index in [1.165, 1.54) is 11.4 Å². The van der Waals surface area contributed by atoms with Crippen molar-refractivity contribution in [3.05, 3.63) is 83.9 Å². The van der Waals surface area contributed by atoms with Gasteiger partial charge in [-0.1, -0.05) is 43.1 Å². The lowest BCUT2D eigenvalue weighted by atomic mass is 10.1. The van der Waals surface area contributed by atoms with Gasteiger partial charge in [0.15, 0.2) is 11.6 Å². The molecule has 4 rings (SSSR count). The summed E-state index contributed by atoms with van der Waals surface area (Å²) in [4.78, 5) is 15.9. The summed E-state index contributed by atoms with van der Waals surface area (Å²) in [6.07, 6.45) is 0. The van der Waals surface area contributed by atoms with Crippen LogP contribution in [-0.2, 0) is 0 Å². The summed E-state index contributed by atoms with van der Waals surface area (Å²) in [5, 5.41) is 3.44. The molecule has 1 heterocycles. The van der Waals surface area contributed by atoms with E-state index in [0.29, 0.717) is 33.6 Å². The number of fused-ring (bicyclic) bond motifs is 1. The lowest BCUT2D eigenvalue weighted by molar-refractivity contribution is 0.247. The Morgan fingerprint density at radius 2 is 1.78 bits per heavy atom. The molecule has 2 N–H and O–H groups in total. The summed E-state index contributed by atoms with van der Waals surface area (Å²) < 4.78 is 33.7. The third-order valence-corrected chi connectivity index (χ3v) is 5.61. The molecule has 0 fully saturated rings. The number of methoxy groups -OCH3 is 1. The second kappa shape index (κ2) is 8.92. The highest BCUT2D eigenvalue weighted by Crippen LogP contribution is 2.35. The number of thiol groups is 1. The third-order valence-electron chi connectivity index (χ3n) is 5.21. The van der Waals surface area contributed by atoms with E-state index in [9.17, 15) is 13.6 Å². The van der Waals surface area contributed by atoms with E-state index < -0.39 is 17.7 Å². The minimum absolute atomic E-state index is 0.231. The Bertz CT molecular complexity index is 1240. The van der Waals surface area contributed by atoms with Crippen LogP contribution in [0.15, 0.2) is 66.7 Å². The first-order valence-electron chi connectivity index (χ1n) is 9.88. The fourth-order valence-electron chi connectivity index (χ4n) is 3.49. The predicted molar refractivity (Wildman–Crippen MR) is 125 cm³/mol. The maximum absolute atomic E-state index is 13.6. The van der Waals surface area contributed by atoms with Crippen LogP contribution >= 0.6 is 12.8 Å². The number of amides is 2. The summed E-state index contributed by atoms with van der Waals surface area (Å²) in [7, 11) is 1.50. The van der Waals surface area contributed by atoms with Crippen LogP contribution in [0.4, 0.5) is 19.3 Å². The number of aromatic nitrogens is 1. The van der Waals surface area contributed by atoms with Gasteiger partial charge in [0.2, 0.25) is 0 Å². The van der Waals surface area contributed by atoms with E-state index in [0.717, 1.165) is 17.7 Å². The third kappa shape index (κ3) is 4.27. The Labute approximate surface area is 189 Å². The molecule has 8 heteroatoms. The van der Waals surface area contributed by atoms with E-state index in [4.69, 9.17) is 4.74 Å². The van der Waals surface area contributed by atoms with Crippen molar-refractivity contribution in [1.82, 2.24) is 10.3 Å². The summed E-state index contributed by atoms with van der Waals surface area (Å²) in [6, 6.07) is 18.1. The first kappa shape index (κ1) is 21.7. The van der Waals surface area contributed by atoms with Crippen molar-refractivity contribution >= 4 is 35.4 Å². The Morgan fingerprint density at radius 3 is 2.50 bits per heavy atom. The second-order valence-electron chi connectivity index (χ2n) is 7.32. The van der Waals surface area contributed by atoms with Crippen LogP contribution in [0.3, 0.4) is 0 Å². The van der Waals surface area contributed by atoms with Crippen molar-refractivity contribution in [1.29, 1.82) is 0 Å². The number of hydrogen-bond acceptors (Lipinski definition) is 3. The minimum Gasteiger partial charge on any atom is -0.495 e. The number of urea groups is 1. The van der Waals surface area contributed by atoms with Gasteiger partial charge in [-0.3, -0.25) is 0 Å². The highest BCUT2D eigenvalue weighted by atomic mass is 32.1. The molecule has 0 saturated heterocycles. The van der Waals surface area contributed by atoms with E-state index in [1.54, 1.807) is 24.3 Å². The number of nitrogens with one attached hydrogen (secondary N) is 2. The fourth-order valence-corrected chi connectivity index (χ4v) is 3.70. The normalized spacial score (nSPS) is 11.9. The predicted octanol–water partition coefficient (Wildman–Crippen LogP) is 6.24. The Balaban J connectivity index is 1.63. The van der Waals surface area contributed by atoms with Crippen molar-refractivity contribution in [3.63, 3.8) is 0 Å². The van der Waals surface area contributed by atoms with Crippen molar-refractivity contribution in [2.24, 2.45) is 0 Å². The average Bonchev–Trinajstić information content (AvgIpc) is 3.21. The number of ether oxygens (including phenoxy) is 1. The fraction of sp³-hybridized carbons (Fsp3) is 0.125. The van der Waals surface area contributed by atoms with Gasteiger partial charge in [0, 0.05) is 28.2 Å². The SMILES string of the molecule is COc1ccc(-c2cc3cc(F)c(F)cc3[nH]2)cc1N(S)C(=O)NC(C)c1ccccc1. The monoisotopic (exact) mass is 453 g/mol. The Kier molecular flexibility index (Phi) is 6.05. The molecular weight excluding hydrogens is 432 g/mol. The van der Waals surface area contributed by atoms with Gasteiger partial charge in [-0.05, 0) is 42.8 Å². The van der Waals surface area contributed by atoms with Crippen molar-refractivity contribution in [3.8, 4) is 17.0 Å². The van der Waals surface area contributed by atoms with Crippen LogP contribution in [0.5, 0.6) is 5.75 Å². The van der Waals surface area contributed by atoms with Crippen LogP contribution in [0, 0.1) is 11.6 Å². The standard InChI is InChI=1S/C24H21F2N3O2S/c1-14(15-6-4-3-5-7-15)27-24(30)29(32)22-12-16(8-9-23(22)31-2)20-11-17-10-18(25)19(26)13-21(17)28-20/h3-14,28,32H,1-2H3,(H,27,30). The molecular formula is C24H21F2N3O2S. The van der Waals surface area contributed by atoms with E-state index >= 15 is 0 Å². The molecule has 0 spiro atoms. The van der Waals surface area contributed by atoms with Gasteiger partial charge in [0.05, 0.1) is 18.8 Å². The topological polar surface area (TPSA) is 57.4 Å². The van der Waals surface area contributed by atoms with Crippen molar-refractivity contribution < 1.29 is 18.3 Å². The molecule has 164 valence electrons. The molecule has 0 aliphatic rings. The van der Waals surface area contributed by atoms with Gasteiger partial charge in [-0.25, -0.2) is 17.9 Å². The molecule has 0 aliphatic heterocycles. The number of rotatable bonds is 5. The van der Waals surface area contributed by atoms with Gasteiger partial charge in [0.1, 0.15) is 5.75 Å². The Hall–Kier alpha value is -3.52. The largest absolute Gasteiger partial charge is 0.495 e. The highest BCUT2D eigenvalue weighted by Gasteiger charge is 2.20. The maximum atomic E-state index is 13.6. The summed E-state index contributed by atoms with van der Waals surface area (Å²) in [5.41, 5.74) is 3.17. The number of carbonyl (C=O) groups excluding carboxylic acids is 1. The molecule has 0 bridgehead atoms. The zero-order valence-electron chi connectivity index (χ0n) is 17.4. The minimum atomic E-state index is -0.924. The quantitative estimate of drug-likeness (QED) is 0.313. The number of carbonyl (C=O) groups is 1. The van der Waals surface area contributed by atoms with Crippen LogP contribution in [0.25, 0.3) is 22.2 Å². The first-order valence-corrected chi connectivity index (χ1v) is 10.3. The number of H-pyrrole nitrogens is 1. The second-order valence-corrected chi connectivity index (χ2v) is 7.72. The molecule has 1 atom stereocenters. The average molecular weight is 454 g/mol. The summed E-state index contributed by atoms with van der Waals surface area (Å²) in [5.74, 6) is -1.39. The van der Waals surface area contributed by atoms with Gasteiger partial charge < -0.3 is 15.0 Å². The molecule has 5 nitrogen and oxygen atoms in total. The molecule has 1 unspecified atom stereocenters. The molecule has 2 amide bonds. The first-order chi connectivity index (χ1) is 15.4. The van der Waals surface area contributed by atoms with Gasteiger partial charge in [-0.15, -0.1) is 0 Å². The van der Waals surface area contributed by atoms with Crippen LogP contribution in [0.2, 0.25) is 0 Å². The molecule has 0 saturated carbocycles. The lowest BCUT2D eigenvalue weighted by Crippen LogP contribution is -2.35. The van der Waals surface area contributed by atoms with E-state index in [1.807, 2.05) is 37.3 Å². The summed E-state index contributed by atoms with van der Waals surface area (Å²) >= 11 is 4.39. The summed E-state index contributed by atoms with van der Waals surface area (Å²) in [6.45, 7) is 1.88. The van der Waals surface area contributed by atoms with Gasteiger partial charge in [0.25, 0.3) is 0 Å². The number of nitrogens with zero attached hydrogens (tertiary/aromatic N) is 1. The molecule has 0 radical (unpaired) electrons. The molecule has 0 aliphatic carbocycles. The van der Waals surface area contributed by atoms with Crippen molar-refractivity contribution in [2.45, 2.75) is 13.0 Å². The smallest absolute Gasteiger partial charge is 0.332 e. The number of hydrogen-bond donors (Lipinski definition) is 3. The number of anilines is 1. The molecule has 4 aromatic rings. The van der Waals surface area contributed by atoms with Crippen LogP contribution in [-0.4, -0.2) is 18.1 Å². The number of benzene rings is 3. The molecule has 32 heavy (non-hydrogen) atoms.